The molecule has 0 saturated heterocycles. The Morgan fingerprint density at radius 2 is 1.96 bits per heavy atom. The number of amides is 1. The second-order valence-electron chi connectivity index (χ2n) is 5.65. The van der Waals surface area contributed by atoms with Crippen LogP contribution >= 0.6 is 0 Å². The van der Waals surface area contributed by atoms with Crippen molar-refractivity contribution in [2.45, 2.75) is 40.7 Å². The highest BCUT2D eigenvalue weighted by molar-refractivity contribution is 6.02. The van der Waals surface area contributed by atoms with E-state index in [9.17, 15) is 14.0 Å². The fourth-order valence-corrected chi connectivity index (χ4v) is 2.79. The highest BCUT2D eigenvalue weighted by Crippen LogP contribution is 2.20. The molecule has 2 rings (SSSR count). The first-order valence-corrected chi connectivity index (χ1v) is 7.60. The highest BCUT2D eigenvalue weighted by atomic mass is 19.1. The standard InChI is InChI=1S/C18H21FN2O2/c1-5-14-16(12(4)22)11(3)21-17(14)18(23)20-9-13-6-7-15(19)10(2)8-13/h6-8,21H,5,9H2,1-4H3,(H,20,23). The van der Waals surface area contributed by atoms with Gasteiger partial charge in [-0.3, -0.25) is 9.59 Å². The van der Waals surface area contributed by atoms with Crippen LogP contribution in [0.25, 0.3) is 0 Å². The summed E-state index contributed by atoms with van der Waals surface area (Å²) in [5, 5.41) is 2.81. The van der Waals surface area contributed by atoms with Crippen molar-refractivity contribution in [3.05, 3.63) is 57.7 Å². The van der Waals surface area contributed by atoms with Gasteiger partial charge in [0.25, 0.3) is 5.91 Å². The third-order valence-corrected chi connectivity index (χ3v) is 3.90. The van der Waals surface area contributed by atoms with Gasteiger partial charge >= 0.3 is 0 Å². The minimum atomic E-state index is -0.264. The van der Waals surface area contributed by atoms with Gasteiger partial charge in [-0.05, 0) is 49.9 Å². The average molecular weight is 316 g/mol. The molecule has 0 atom stereocenters. The molecule has 2 N–H and O–H groups in total. The zero-order valence-electron chi connectivity index (χ0n) is 13.8. The van der Waals surface area contributed by atoms with Crippen LogP contribution in [0.15, 0.2) is 18.2 Å². The number of aryl methyl sites for hydroxylation is 2. The number of aromatic nitrogens is 1. The zero-order valence-corrected chi connectivity index (χ0v) is 13.8. The summed E-state index contributed by atoms with van der Waals surface area (Å²) in [4.78, 5) is 27.2. The number of carbonyl (C=O) groups is 2. The van der Waals surface area contributed by atoms with E-state index >= 15 is 0 Å². The highest BCUT2D eigenvalue weighted by Gasteiger charge is 2.21. The summed E-state index contributed by atoms with van der Waals surface area (Å²) < 4.78 is 13.3. The fraction of sp³-hybridized carbons (Fsp3) is 0.333. The average Bonchev–Trinajstić information content (AvgIpc) is 2.84. The van der Waals surface area contributed by atoms with Crippen LogP contribution in [-0.4, -0.2) is 16.7 Å². The number of halogens is 1. The molecule has 0 saturated carbocycles. The first-order valence-electron chi connectivity index (χ1n) is 7.60. The summed E-state index contributed by atoms with van der Waals surface area (Å²) in [7, 11) is 0. The third-order valence-electron chi connectivity index (χ3n) is 3.90. The Morgan fingerprint density at radius 3 is 2.52 bits per heavy atom. The molecule has 1 aromatic carbocycles. The molecule has 1 heterocycles. The van der Waals surface area contributed by atoms with Gasteiger partial charge in [-0.25, -0.2) is 4.39 Å². The van der Waals surface area contributed by atoms with Gasteiger partial charge in [0.15, 0.2) is 5.78 Å². The van der Waals surface area contributed by atoms with Crippen LogP contribution < -0.4 is 5.32 Å². The minimum Gasteiger partial charge on any atom is -0.354 e. The number of rotatable bonds is 5. The number of ketones is 1. The molecule has 0 aliphatic heterocycles. The number of hydrogen-bond donors (Lipinski definition) is 2. The van der Waals surface area contributed by atoms with Gasteiger partial charge in [-0.1, -0.05) is 19.1 Å². The van der Waals surface area contributed by atoms with Gasteiger partial charge in [0.05, 0.1) is 0 Å². The molecular weight excluding hydrogens is 295 g/mol. The van der Waals surface area contributed by atoms with E-state index in [4.69, 9.17) is 0 Å². The second-order valence-corrected chi connectivity index (χ2v) is 5.65. The lowest BCUT2D eigenvalue weighted by Gasteiger charge is -2.07. The van der Waals surface area contributed by atoms with Crippen molar-refractivity contribution in [2.24, 2.45) is 0 Å². The molecule has 1 amide bonds. The summed E-state index contributed by atoms with van der Waals surface area (Å²) in [6.45, 7) is 7.18. The molecule has 0 aliphatic rings. The van der Waals surface area contributed by atoms with Crippen molar-refractivity contribution in [2.75, 3.05) is 0 Å². The SMILES string of the molecule is CCc1c(C(=O)NCc2ccc(F)c(C)c2)[nH]c(C)c1C(C)=O. The van der Waals surface area contributed by atoms with Crippen LogP contribution in [0.4, 0.5) is 4.39 Å². The number of nitrogens with one attached hydrogen (secondary N) is 2. The summed E-state index contributed by atoms with van der Waals surface area (Å²) in [5.74, 6) is -0.581. The molecule has 2 aromatic rings. The van der Waals surface area contributed by atoms with E-state index in [1.54, 1.807) is 26.0 Å². The summed E-state index contributed by atoms with van der Waals surface area (Å²) in [6, 6.07) is 4.74. The molecule has 0 radical (unpaired) electrons. The smallest absolute Gasteiger partial charge is 0.268 e. The van der Waals surface area contributed by atoms with E-state index in [-0.39, 0.29) is 17.5 Å². The van der Waals surface area contributed by atoms with E-state index in [2.05, 4.69) is 10.3 Å². The molecule has 1 aromatic heterocycles. The Balaban J connectivity index is 2.19. The summed E-state index contributed by atoms with van der Waals surface area (Å²) >= 11 is 0. The molecule has 0 fully saturated rings. The molecule has 23 heavy (non-hydrogen) atoms. The lowest BCUT2D eigenvalue weighted by Crippen LogP contribution is -2.24. The Hall–Kier alpha value is -2.43. The number of carbonyl (C=O) groups excluding carboxylic acids is 2. The van der Waals surface area contributed by atoms with E-state index < -0.39 is 0 Å². The molecule has 0 spiro atoms. The minimum absolute atomic E-state index is 0.0520. The summed E-state index contributed by atoms with van der Waals surface area (Å²) in [5.41, 5.74) is 3.83. The van der Waals surface area contributed by atoms with Gasteiger partial charge < -0.3 is 10.3 Å². The van der Waals surface area contributed by atoms with Crippen LogP contribution in [0, 0.1) is 19.7 Å². The molecule has 0 aliphatic carbocycles. The van der Waals surface area contributed by atoms with Crippen LogP contribution in [0.3, 0.4) is 0 Å². The fourth-order valence-electron chi connectivity index (χ4n) is 2.79. The number of H-pyrrole nitrogens is 1. The van der Waals surface area contributed by atoms with Gasteiger partial charge in [-0.2, -0.15) is 0 Å². The maximum atomic E-state index is 13.3. The van der Waals surface area contributed by atoms with Crippen molar-refractivity contribution >= 4 is 11.7 Å². The van der Waals surface area contributed by atoms with E-state index in [0.29, 0.717) is 35.5 Å². The zero-order chi connectivity index (χ0) is 17.1. The Morgan fingerprint density at radius 1 is 1.26 bits per heavy atom. The third kappa shape index (κ3) is 3.50. The van der Waals surface area contributed by atoms with E-state index in [1.807, 2.05) is 6.92 Å². The Kier molecular flexibility index (Phi) is 4.98. The Labute approximate surface area is 135 Å². The van der Waals surface area contributed by atoms with E-state index in [1.165, 1.54) is 13.0 Å². The lowest BCUT2D eigenvalue weighted by molar-refractivity contribution is 0.0945. The number of aromatic amines is 1. The quantitative estimate of drug-likeness (QED) is 0.830. The predicted octanol–water partition coefficient (Wildman–Crippen LogP) is 3.47. The maximum absolute atomic E-state index is 13.3. The topological polar surface area (TPSA) is 62.0 Å². The number of Topliss-reactive ketones (excluding diaryl/α,β-unsaturated/α-hetero) is 1. The van der Waals surface area contributed by atoms with Crippen molar-refractivity contribution in [1.82, 2.24) is 10.3 Å². The molecule has 0 unspecified atom stereocenters. The molecule has 5 heteroatoms. The summed E-state index contributed by atoms with van der Waals surface area (Å²) in [6.07, 6.45) is 0.595. The Bertz CT molecular complexity index is 763. The van der Waals surface area contributed by atoms with E-state index in [0.717, 1.165) is 11.1 Å². The van der Waals surface area contributed by atoms with Crippen molar-refractivity contribution in [1.29, 1.82) is 0 Å². The second kappa shape index (κ2) is 6.77. The molecule has 4 nitrogen and oxygen atoms in total. The van der Waals surface area contributed by atoms with Gasteiger partial charge in [0.1, 0.15) is 11.5 Å². The van der Waals surface area contributed by atoms with Crippen molar-refractivity contribution < 1.29 is 14.0 Å². The number of hydrogen-bond acceptors (Lipinski definition) is 2. The van der Waals surface area contributed by atoms with Crippen LogP contribution in [0.5, 0.6) is 0 Å². The number of benzene rings is 1. The van der Waals surface area contributed by atoms with Crippen LogP contribution in [0.1, 0.15) is 57.1 Å². The largest absolute Gasteiger partial charge is 0.354 e. The normalized spacial score (nSPS) is 10.7. The van der Waals surface area contributed by atoms with Crippen LogP contribution in [-0.2, 0) is 13.0 Å². The maximum Gasteiger partial charge on any atom is 0.268 e. The van der Waals surface area contributed by atoms with Crippen molar-refractivity contribution in [3.63, 3.8) is 0 Å². The molecule has 0 bridgehead atoms. The molecule has 122 valence electrons. The monoisotopic (exact) mass is 316 g/mol. The van der Waals surface area contributed by atoms with Gasteiger partial charge in [0.2, 0.25) is 0 Å². The lowest BCUT2D eigenvalue weighted by atomic mass is 10.0. The first-order chi connectivity index (χ1) is 10.8. The van der Waals surface area contributed by atoms with Gasteiger partial charge in [0, 0.05) is 17.8 Å². The molecular formula is C18H21FN2O2. The predicted molar refractivity (Wildman–Crippen MR) is 87.2 cm³/mol. The van der Waals surface area contributed by atoms with Crippen molar-refractivity contribution in [3.8, 4) is 0 Å². The van der Waals surface area contributed by atoms with Crippen LogP contribution in [0.2, 0.25) is 0 Å². The van der Waals surface area contributed by atoms with Gasteiger partial charge in [-0.15, -0.1) is 0 Å². The first kappa shape index (κ1) is 16.9.